The van der Waals surface area contributed by atoms with Gasteiger partial charge in [-0.2, -0.15) is 5.26 Å². The summed E-state index contributed by atoms with van der Waals surface area (Å²) in [5.41, 5.74) is 2.60. The van der Waals surface area contributed by atoms with Gasteiger partial charge in [-0.3, -0.25) is 14.2 Å². The molecule has 0 saturated heterocycles. The summed E-state index contributed by atoms with van der Waals surface area (Å²) >= 11 is 0. The highest BCUT2D eigenvalue weighted by molar-refractivity contribution is 5.94. The van der Waals surface area contributed by atoms with E-state index in [0.717, 1.165) is 24.2 Å². The minimum Gasteiger partial charge on any atom is -0.325 e. The summed E-state index contributed by atoms with van der Waals surface area (Å²) in [5, 5.41) is 15.5. The maximum atomic E-state index is 12.6. The zero-order chi connectivity index (χ0) is 19.5. The molecular formula is C21H19N5O2. The molecule has 3 aromatic rings. The molecule has 1 aromatic heterocycles. The average molecular weight is 373 g/mol. The number of fused-ring (bicyclic) bond motifs is 2. The van der Waals surface area contributed by atoms with Gasteiger partial charge < -0.3 is 10.6 Å². The van der Waals surface area contributed by atoms with Crippen LogP contribution in [0.4, 0.5) is 5.69 Å². The minimum atomic E-state index is -0.219. The molecular weight excluding hydrogens is 354 g/mol. The monoisotopic (exact) mass is 373 g/mol. The Morgan fingerprint density at radius 1 is 1.25 bits per heavy atom. The van der Waals surface area contributed by atoms with Gasteiger partial charge in [0.25, 0.3) is 5.56 Å². The highest BCUT2D eigenvalue weighted by Gasteiger charge is 2.16. The molecule has 28 heavy (non-hydrogen) atoms. The van der Waals surface area contributed by atoms with Crippen LogP contribution in [0.25, 0.3) is 10.9 Å². The fourth-order valence-electron chi connectivity index (χ4n) is 3.46. The number of hydrogen-bond donors (Lipinski definition) is 2. The standard InChI is InChI=1S/C21H19N5O2/c22-11-14-4-1-2-5-15(14)12-23-13-20(27)24-16-7-8-18-17(10-16)21(28)26-9-3-6-19(26)25-18/h1-2,4-5,7-8,10,23H,3,6,9,12-13H2,(H,24,27). The number of carbonyl (C=O) groups is 1. The van der Waals surface area contributed by atoms with Gasteiger partial charge in [0.15, 0.2) is 0 Å². The van der Waals surface area contributed by atoms with Crippen LogP contribution in [0, 0.1) is 11.3 Å². The Kier molecular flexibility index (Phi) is 4.87. The number of benzene rings is 2. The maximum absolute atomic E-state index is 12.6. The molecule has 7 nitrogen and oxygen atoms in total. The van der Waals surface area contributed by atoms with Gasteiger partial charge in [-0.25, -0.2) is 4.98 Å². The van der Waals surface area contributed by atoms with Gasteiger partial charge in [0, 0.05) is 25.2 Å². The van der Waals surface area contributed by atoms with E-state index in [4.69, 9.17) is 5.26 Å². The highest BCUT2D eigenvalue weighted by Crippen LogP contribution is 2.18. The molecule has 0 spiro atoms. The van der Waals surface area contributed by atoms with Crippen molar-refractivity contribution in [3.63, 3.8) is 0 Å². The number of hydrogen-bond acceptors (Lipinski definition) is 5. The molecule has 1 amide bonds. The van der Waals surface area contributed by atoms with Crippen LogP contribution in [0.1, 0.15) is 23.4 Å². The SMILES string of the molecule is N#Cc1ccccc1CNCC(=O)Nc1ccc2nc3n(c(=O)c2c1)CCC3. The second kappa shape index (κ2) is 7.62. The smallest absolute Gasteiger partial charge is 0.261 e. The number of nitrogens with zero attached hydrogens (tertiary/aromatic N) is 3. The Balaban J connectivity index is 1.43. The van der Waals surface area contributed by atoms with Gasteiger partial charge in [0.1, 0.15) is 5.82 Å². The third-order valence-electron chi connectivity index (χ3n) is 4.84. The molecule has 2 N–H and O–H groups in total. The Hall–Kier alpha value is -3.50. The number of amides is 1. The van der Waals surface area contributed by atoms with Gasteiger partial charge >= 0.3 is 0 Å². The van der Waals surface area contributed by atoms with E-state index in [-0.39, 0.29) is 18.0 Å². The van der Waals surface area contributed by atoms with Crippen molar-refractivity contribution >= 4 is 22.5 Å². The fraction of sp³-hybridized carbons (Fsp3) is 0.238. The van der Waals surface area contributed by atoms with Crippen LogP contribution < -0.4 is 16.2 Å². The Labute approximate surface area is 161 Å². The number of nitriles is 1. The van der Waals surface area contributed by atoms with Gasteiger partial charge in [-0.15, -0.1) is 0 Å². The van der Waals surface area contributed by atoms with Crippen molar-refractivity contribution in [2.75, 3.05) is 11.9 Å². The number of rotatable bonds is 5. The fourth-order valence-corrected chi connectivity index (χ4v) is 3.46. The largest absolute Gasteiger partial charge is 0.325 e. The molecule has 2 aromatic carbocycles. The van der Waals surface area contributed by atoms with Crippen LogP contribution in [-0.4, -0.2) is 22.0 Å². The molecule has 1 aliphatic heterocycles. The van der Waals surface area contributed by atoms with E-state index in [2.05, 4.69) is 21.7 Å². The molecule has 1 aliphatic rings. The Morgan fingerprint density at radius 2 is 2.11 bits per heavy atom. The van der Waals surface area contributed by atoms with Crippen LogP contribution in [-0.2, 0) is 24.3 Å². The van der Waals surface area contributed by atoms with Crippen LogP contribution in [0.5, 0.6) is 0 Å². The summed E-state index contributed by atoms with van der Waals surface area (Å²) in [6.07, 6.45) is 1.76. The predicted molar refractivity (Wildman–Crippen MR) is 106 cm³/mol. The normalized spacial score (nSPS) is 12.5. The van der Waals surface area contributed by atoms with Crippen molar-refractivity contribution in [3.05, 3.63) is 69.8 Å². The zero-order valence-corrected chi connectivity index (χ0v) is 15.2. The average Bonchev–Trinajstić information content (AvgIpc) is 3.18. The minimum absolute atomic E-state index is 0.0557. The van der Waals surface area contributed by atoms with E-state index in [1.807, 2.05) is 12.1 Å². The quantitative estimate of drug-likeness (QED) is 0.712. The lowest BCUT2D eigenvalue weighted by Crippen LogP contribution is -2.28. The maximum Gasteiger partial charge on any atom is 0.261 e. The molecule has 0 atom stereocenters. The van der Waals surface area contributed by atoms with Crippen LogP contribution >= 0.6 is 0 Å². The number of aryl methyl sites for hydroxylation is 1. The Bertz CT molecular complexity index is 1160. The first kappa shape index (κ1) is 17.9. The lowest BCUT2D eigenvalue weighted by Gasteiger charge is -2.09. The van der Waals surface area contributed by atoms with Crippen molar-refractivity contribution < 1.29 is 4.79 Å². The molecule has 140 valence electrons. The van der Waals surface area contributed by atoms with Crippen LogP contribution in [0.2, 0.25) is 0 Å². The third kappa shape index (κ3) is 3.50. The van der Waals surface area contributed by atoms with E-state index in [0.29, 0.717) is 35.2 Å². The third-order valence-corrected chi connectivity index (χ3v) is 4.84. The van der Waals surface area contributed by atoms with E-state index in [1.54, 1.807) is 34.9 Å². The van der Waals surface area contributed by atoms with Gasteiger partial charge in [-0.1, -0.05) is 18.2 Å². The van der Waals surface area contributed by atoms with Crippen molar-refractivity contribution in [1.29, 1.82) is 5.26 Å². The van der Waals surface area contributed by atoms with E-state index in [1.165, 1.54) is 0 Å². The summed E-state index contributed by atoms with van der Waals surface area (Å²) < 4.78 is 1.71. The first-order valence-corrected chi connectivity index (χ1v) is 9.18. The van der Waals surface area contributed by atoms with E-state index in [9.17, 15) is 9.59 Å². The lowest BCUT2D eigenvalue weighted by molar-refractivity contribution is -0.115. The van der Waals surface area contributed by atoms with Crippen molar-refractivity contribution in [2.45, 2.75) is 25.9 Å². The van der Waals surface area contributed by atoms with Gasteiger partial charge in [-0.05, 0) is 36.2 Å². The number of anilines is 1. The molecule has 2 heterocycles. The molecule has 0 fully saturated rings. The van der Waals surface area contributed by atoms with Gasteiger partial charge in [0.05, 0.1) is 29.1 Å². The molecule has 4 rings (SSSR count). The van der Waals surface area contributed by atoms with Gasteiger partial charge in [0.2, 0.25) is 5.91 Å². The first-order chi connectivity index (χ1) is 13.7. The molecule has 0 saturated carbocycles. The summed E-state index contributed by atoms with van der Waals surface area (Å²) in [6, 6.07) is 14.6. The Morgan fingerprint density at radius 3 is 2.96 bits per heavy atom. The topological polar surface area (TPSA) is 99.8 Å². The molecule has 0 radical (unpaired) electrons. The summed E-state index contributed by atoms with van der Waals surface area (Å²) in [6.45, 7) is 1.22. The van der Waals surface area contributed by atoms with Crippen molar-refractivity contribution in [3.8, 4) is 6.07 Å². The lowest BCUT2D eigenvalue weighted by atomic mass is 10.1. The number of nitrogens with one attached hydrogen (secondary N) is 2. The van der Waals surface area contributed by atoms with E-state index >= 15 is 0 Å². The molecule has 7 heteroatoms. The summed E-state index contributed by atoms with van der Waals surface area (Å²) in [7, 11) is 0. The summed E-state index contributed by atoms with van der Waals surface area (Å²) in [4.78, 5) is 29.4. The van der Waals surface area contributed by atoms with Crippen molar-refractivity contribution in [2.24, 2.45) is 0 Å². The second-order valence-electron chi connectivity index (χ2n) is 6.74. The second-order valence-corrected chi connectivity index (χ2v) is 6.74. The molecule has 0 bridgehead atoms. The molecule has 0 aliphatic carbocycles. The van der Waals surface area contributed by atoms with Crippen molar-refractivity contribution in [1.82, 2.24) is 14.9 Å². The zero-order valence-electron chi connectivity index (χ0n) is 15.2. The highest BCUT2D eigenvalue weighted by atomic mass is 16.2. The van der Waals surface area contributed by atoms with Crippen LogP contribution in [0.15, 0.2) is 47.3 Å². The predicted octanol–water partition coefficient (Wildman–Crippen LogP) is 1.94. The summed E-state index contributed by atoms with van der Waals surface area (Å²) in [5.74, 6) is 0.610. The number of carbonyl (C=O) groups excluding carboxylic acids is 1. The number of aromatic nitrogens is 2. The van der Waals surface area contributed by atoms with Crippen LogP contribution in [0.3, 0.4) is 0 Å². The molecule has 0 unspecified atom stereocenters. The first-order valence-electron chi connectivity index (χ1n) is 9.18. The van der Waals surface area contributed by atoms with E-state index < -0.39 is 0 Å².